The molecule has 3 heteroatoms. The van der Waals surface area contributed by atoms with Crippen molar-refractivity contribution in [3.63, 3.8) is 0 Å². The number of rotatable bonds is 5. The van der Waals surface area contributed by atoms with Crippen molar-refractivity contribution in [2.45, 2.75) is 67.9 Å². The maximum Gasteiger partial charge on any atom is 0.225 e. The Kier molecular flexibility index (Phi) is 21.6. The molecule has 0 aliphatic carbocycles. The van der Waals surface area contributed by atoms with Gasteiger partial charge < -0.3 is 10.2 Å². The summed E-state index contributed by atoms with van der Waals surface area (Å²) in [7, 11) is 1.88. The number of nitrogens with zero attached hydrogens (tertiary/aromatic N) is 1. The number of amides is 1. The van der Waals surface area contributed by atoms with Crippen molar-refractivity contribution in [3.8, 4) is 11.8 Å². The molecule has 0 saturated carbocycles. The van der Waals surface area contributed by atoms with Gasteiger partial charge >= 0.3 is 0 Å². The molecule has 0 aliphatic heterocycles. The lowest BCUT2D eigenvalue weighted by molar-refractivity contribution is -0.133. The van der Waals surface area contributed by atoms with Crippen molar-refractivity contribution >= 4 is 5.91 Å². The molecule has 1 unspecified atom stereocenters. The molecule has 1 N–H and O–H groups in total. The van der Waals surface area contributed by atoms with Gasteiger partial charge in [0.1, 0.15) is 0 Å². The van der Waals surface area contributed by atoms with E-state index in [0.29, 0.717) is 6.54 Å². The van der Waals surface area contributed by atoms with Crippen molar-refractivity contribution in [3.05, 3.63) is 0 Å². The molecule has 0 bridgehead atoms. The summed E-state index contributed by atoms with van der Waals surface area (Å²) < 4.78 is 0. The Bertz CT molecular complexity index is 264. The Morgan fingerprint density at radius 3 is 2.00 bits per heavy atom. The molecular formula is C17H36N2O. The van der Waals surface area contributed by atoms with Crippen LogP contribution in [0.1, 0.15) is 61.8 Å². The van der Waals surface area contributed by atoms with E-state index in [0.717, 1.165) is 13.0 Å². The van der Waals surface area contributed by atoms with Crippen molar-refractivity contribution in [2.24, 2.45) is 5.92 Å². The lowest BCUT2D eigenvalue weighted by Crippen LogP contribution is -2.35. The van der Waals surface area contributed by atoms with Crippen molar-refractivity contribution < 1.29 is 4.79 Å². The topological polar surface area (TPSA) is 32.3 Å². The molecule has 0 saturated heterocycles. The highest BCUT2D eigenvalue weighted by Crippen LogP contribution is 2.01. The number of hydrogen-bond acceptors (Lipinski definition) is 2. The van der Waals surface area contributed by atoms with Crippen LogP contribution < -0.4 is 5.32 Å². The summed E-state index contributed by atoms with van der Waals surface area (Å²) in [5, 5.41) is 3.05. The summed E-state index contributed by atoms with van der Waals surface area (Å²) in [4.78, 5) is 13.7. The molecule has 0 radical (unpaired) electrons. The number of hydrogen-bond donors (Lipinski definition) is 1. The van der Waals surface area contributed by atoms with Crippen LogP contribution in [0.25, 0.3) is 0 Å². The highest BCUT2D eigenvalue weighted by molar-refractivity contribution is 5.78. The first-order chi connectivity index (χ1) is 9.52. The maximum atomic E-state index is 11.8. The van der Waals surface area contributed by atoms with Crippen LogP contribution in [0.15, 0.2) is 0 Å². The van der Waals surface area contributed by atoms with Gasteiger partial charge in [-0.3, -0.25) is 4.79 Å². The molecule has 0 spiro atoms. The summed E-state index contributed by atoms with van der Waals surface area (Å²) in [6, 6.07) is 0.178. The highest BCUT2D eigenvalue weighted by Gasteiger charge is 2.14. The van der Waals surface area contributed by atoms with Gasteiger partial charge in [0.2, 0.25) is 5.91 Å². The summed E-state index contributed by atoms with van der Waals surface area (Å²) in [6.45, 7) is 17.3. The summed E-state index contributed by atoms with van der Waals surface area (Å²) in [5.41, 5.74) is 0. The van der Waals surface area contributed by atoms with Gasteiger partial charge in [-0.1, -0.05) is 60.3 Å². The molecule has 0 aromatic rings. The third kappa shape index (κ3) is 13.4. The van der Waals surface area contributed by atoms with Crippen LogP contribution >= 0.6 is 0 Å². The molecule has 1 atom stereocenters. The first-order valence-electron chi connectivity index (χ1n) is 7.97. The second-order valence-electron chi connectivity index (χ2n) is 4.25. The Balaban J connectivity index is -0.000000656. The molecule has 1 amide bonds. The van der Waals surface area contributed by atoms with Crippen LogP contribution in [-0.4, -0.2) is 37.0 Å². The smallest absolute Gasteiger partial charge is 0.225 e. The highest BCUT2D eigenvalue weighted by atomic mass is 16.2. The molecule has 0 aromatic carbocycles. The van der Waals surface area contributed by atoms with E-state index >= 15 is 0 Å². The van der Waals surface area contributed by atoms with Gasteiger partial charge in [0.25, 0.3) is 0 Å². The Morgan fingerprint density at radius 1 is 1.15 bits per heavy atom. The van der Waals surface area contributed by atoms with Crippen molar-refractivity contribution in [2.75, 3.05) is 20.1 Å². The average Bonchev–Trinajstić information content (AvgIpc) is 2.49. The Hall–Kier alpha value is -1.01. The third-order valence-electron chi connectivity index (χ3n) is 2.32. The van der Waals surface area contributed by atoms with Gasteiger partial charge in [-0.15, -0.1) is 0 Å². The molecule has 0 aliphatic rings. The van der Waals surface area contributed by atoms with Gasteiger partial charge in [0.05, 0.1) is 12.6 Å². The lowest BCUT2D eigenvalue weighted by Gasteiger charge is -2.21. The standard InChI is InChI=1S/C13H24N2O.2C2H6/c1-6-9-15(13(16)11(2)3)10-7-8-12(4)14-5;2*1-2/h11-12,14H,6,9-10H2,1-5H3;2*1-2H3. The van der Waals surface area contributed by atoms with Crippen LogP contribution in [0.2, 0.25) is 0 Å². The SMILES string of the molecule is CC.CC.CCCN(CC#CC(C)NC)C(=O)C(C)C. The van der Waals surface area contributed by atoms with E-state index in [9.17, 15) is 4.79 Å². The predicted molar refractivity (Wildman–Crippen MR) is 90.7 cm³/mol. The quantitative estimate of drug-likeness (QED) is 0.783. The zero-order valence-electron chi connectivity index (χ0n) is 15.1. The zero-order valence-corrected chi connectivity index (χ0v) is 15.1. The number of nitrogens with one attached hydrogen (secondary N) is 1. The molecule has 0 aromatic heterocycles. The monoisotopic (exact) mass is 284 g/mol. The van der Waals surface area contributed by atoms with E-state index in [-0.39, 0.29) is 17.9 Å². The fourth-order valence-corrected chi connectivity index (χ4v) is 1.27. The minimum Gasteiger partial charge on any atom is -0.331 e. The molecule has 0 rings (SSSR count). The van der Waals surface area contributed by atoms with Crippen LogP contribution in [0, 0.1) is 17.8 Å². The van der Waals surface area contributed by atoms with Gasteiger partial charge in [0.15, 0.2) is 0 Å². The summed E-state index contributed by atoms with van der Waals surface area (Å²) >= 11 is 0. The van der Waals surface area contributed by atoms with Crippen LogP contribution in [0.3, 0.4) is 0 Å². The zero-order chi connectivity index (χ0) is 16.6. The van der Waals surface area contributed by atoms with E-state index in [1.165, 1.54) is 0 Å². The number of carbonyl (C=O) groups excluding carboxylic acids is 1. The van der Waals surface area contributed by atoms with Crippen LogP contribution in [0.5, 0.6) is 0 Å². The minimum absolute atomic E-state index is 0.0510. The average molecular weight is 284 g/mol. The van der Waals surface area contributed by atoms with E-state index in [1.807, 2.05) is 60.4 Å². The molecule has 0 fully saturated rings. The van der Waals surface area contributed by atoms with Gasteiger partial charge in [0, 0.05) is 12.5 Å². The largest absolute Gasteiger partial charge is 0.331 e. The van der Waals surface area contributed by atoms with E-state index in [2.05, 4.69) is 24.1 Å². The maximum absolute atomic E-state index is 11.8. The molecule has 20 heavy (non-hydrogen) atoms. The van der Waals surface area contributed by atoms with Gasteiger partial charge in [-0.25, -0.2) is 0 Å². The van der Waals surface area contributed by atoms with Gasteiger partial charge in [-0.05, 0) is 20.4 Å². The molecule has 3 nitrogen and oxygen atoms in total. The third-order valence-corrected chi connectivity index (χ3v) is 2.32. The first-order valence-corrected chi connectivity index (χ1v) is 7.97. The lowest BCUT2D eigenvalue weighted by atomic mass is 10.2. The molecule has 0 heterocycles. The fraction of sp³-hybridized carbons (Fsp3) is 0.824. The van der Waals surface area contributed by atoms with Gasteiger partial charge in [-0.2, -0.15) is 0 Å². The molecule has 120 valence electrons. The summed E-state index contributed by atoms with van der Waals surface area (Å²) in [6.07, 6.45) is 0.974. The van der Waals surface area contributed by atoms with Crippen molar-refractivity contribution in [1.82, 2.24) is 10.2 Å². The van der Waals surface area contributed by atoms with Crippen LogP contribution in [0.4, 0.5) is 0 Å². The Labute approximate surface area is 127 Å². The molecular weight excluding hydrogens is 248 g/mol. The second kappa shape index (κ2) is 18.0. The van der Waals surface area contributed by atoms with Crippen LogP contribution in [-0.2, 0) is 4.79 Å². The minimum atomic E-state index is 0.0510. The number of carbonyl (C=O) groups is 1. The first kappa shape index (κ1) is 24.0. The normalized spacial score (nSPS) is 10.1. The van der Waals surface area contributed by atoms with E-state index < -0.39 is 0 Å². The van der Waals surface area contributed by atoms with E-state index in [1.54, 1.807) is 0 Å². The fourth-order valence-electron chi connectivity index (χ4n) is 1.27. The second-order valence-corrected chi connectivity index (χ2v) is 4.25. The Morgan fingerprint density at radius 2 is 1.65 bits per heavy atom. The summed E-state index contributed by atoms with van der Waals surface area (Å²) in [5.74, 6) is 6.35. The van der Waals surface area contributed by atoms with E-state index in [4.69, 9.17) is 0 Å². The van der Waals surface area contributed by atoms with Crippen molar-refractivity contribution in [1.29, 1.82) is 0 Å². The predicted octanol–water partition coefficient (Wildman–Crippen LogP) is 3.54.